The van der Waals surface area contributed by atoms with Gasteiger partial charge in [0, 0.05) is 11.3 Å². The van der Waals surface area contributed by atoms with E-state index in [0.717, 1.165) is 0 Å². The summed E-state index contributed by atoms with van der Waals surface area (Å²) in [4.78, 5) is 25.8. The average Bonchev–Trinajstić information content (AvgIpc) is 2.96. The van der Waals surface area contributed by atoms with Gasteiger partial charge in [0.2, 0.25) is 0 Å². The van der Waals surface area contributed by atoms with Crippen LogP contribution in [0.15, 0.2) is 60.7 Å². The summed E-state index contributed by atoms with van der Waals surface area (Å²) in [5.74, 6) is -0.191. The summed E-state index contributed by atoms with van der Waals surface area (Å²) in [5.41, 5.74) is 1.14. The third kappa shape index (κ3) is 3.72. The van der Waals surface area contributed by atoms with Crippen LogP contribution in [0.4, 0.5) is 10.5 Å². The van der Waals surface area contributed by atoms with E-state index < -0.39 is 18.3 Å². The molecule has 2 atom stereocenters. The van der Waals surface area contributed by atoms with E-state index in [9.17, 15) is 14.7 Å². The van der Waals surface area contributed by atoms with Crippen molar-refractivity contribution >= 4 is 17.7 Å². The fourth-order valence-electron chi connectivity index (χ4n) is 2.61. The number of nitrogens with one attached hydrogen (secondary N) is 1. The number of carbonyl (C=O) groups excluding carboxylic acids is 2. The predicted octanol–water partition coefficient (Wildman–Crippen LogP) is 2.12. The van der Waals surface area contributed by atoms with E-state index in [-0.39, 0.29) is 19.0 Å². The predicted molar refractivity (Wildman–Crippen MR) is 88.7 cm³/mol. The lowest BCUT2D eigenvalue weighted by Crippen LogP contribution is -2.32. The van der Waals surface area contributed by atoms with Gasteiger partial charge < -0.3 is 14.7 Å². The van der Waals surface area contributed by atoms with Crippen molar-refractivity contribution in [1.82, 2.24) is 4.90 Å². The van der Waals surface area contributed by atoms with Gasteiger partial charge >= 0.3 is 6.09 Å². The number of aliphatic hydroxyl groups excluding tert-OH is 1. The van der Waals surface area contributed by atoms with Gasteiger partial charge in [0.1, 0.15) is 12.2 Å². The second-order valence-electron chi connectivity index (χ2n) is 5.58. The highest BCUT2D eigenvalue weighted by Gasteiger charge is 2.37. The largest absolute Gasteiger partial charge is 0.441 e. The molecule has 6 heteroatoms. The van der Waals surface area contributed by atoms with E-state index in [1.165, 1.54) is 4.90 Å². The van der Waals surface area contributed by atoms with Crippen molar-refractivity contribution in [3.8, 4) is 0 Å². The van der Waals surface area contributed by atoms with Gasteiger partial charge in [0.15, 0.2) is 0 Å². The highest BCUT2D eigenvalue weighted by atomic mass is 16.6. The minimum atomic E-state index is -0.904. The van der Waals surface area contributed by atoms with Crippen LogP contribution in [0.2, 0.25) is 0 Å². The quantitative estimate of drug-likeness (QED) is 0.905. The van der Waals surface area contributed by atoms with Gasteiger partial charge in [0.05, 0.1) is 13.1 Å². The first-order valence-electron chi connectivity index (χ1n) is 7.68. The molecule has 0 bridgehead atoms. The summed E-state index contributed by atoms with van der Waals surface area (Å²) in [6.45, 7) is 0.300. The number of nitrogens with zero attached hydrogens (tertiary/aromatic N) is 1. The molecule has 6 nitrogen and oxygen atoms in total. The normalized spacial score (nSPS) is 19.8. The topological polar surface area (TPSA) is 78.9 Å². The number of β-amino-alcohol motifs (C(OH)–C–C–N with tert-alkyl or cyclic N) is 1. The van der Waals surface area contributed by atoms with E-state index in [4.69, 9.17) is 4.74 Å². The van der Waals surface area contributed by atoms with Crippen LogP contribution in [-0.2, 0) is 4.74 Å². The van der Waals surface area contributed by atoms with E-state index in [1.54, 1.807) is 48.5 Å². The van der Waals surface area contributed by atoms with Gasteiger partial charge in [-0.05, 0) is 24.3 Å². The van der Waals surface area contributed by atoms with Crippen LogP contribution in [0.1, 0.15) is 10.4 Å². The zero-order chi connectivity index (χ0) is 16.9. The van der Waals surface area contributed by atoms with Crippen LogP contribution >= 0.6 is 0 Å². The number of rotatable bonds is 3. The first-order chi connectivity index (χ1) is 11.6. The summed E-state index contributed by atoms with van der Waals surface area (Å²) in [6, 6.07) is 17.7. The summed E-state index contributed by atoms with van der Waals surface area (Å²) >= 11 is 0. The Morgan fingerprint density at radius 1 is 1.00 bits per heavy atom. The second-order valence-corrected chi connectivity index (χ2v) is 5.58. The number of para-hydroxylation sites is 1. The Balaban J connectivity index is 1.58. The maximum absolute atomic E-state index is 12.4. The molecular weight excluding hydrogens is 308 g/mol. The molecule has 0 aliphatic carbocycles. The molecule has 1 aliphatic rings. The molecule has 0 radical (unpaired) electrons. The minimum Gasteiger partial charge on any atom is -0.441 e. The van der Waals surface area contributed by atoms with Crippen LogP contribution in [0.3, 0.4) is 0 Å². The fourth-order valence-corrected chi connectivity index (χ4v) is 2.61. The van der Waals surface area contributed by atoms with Crippen molar-refractivity contribution in [1.29, 1.82) is 0 Å². The number of amides is 2. The Hall–Kier alpha value is -2.86. The molecule has 0 saturated carbocycles. The van der Waals surface area contributed by atoms with Crippen molar-refractivity contribution in [2.75, 3.05) is 18.4 Å². The molecule has 24 heavy (non-hydrogen) atoms. The van der Waals surface area contributed by atoms with Crippen molar-refractivity contribution < 1.29 is 19.4 Å². The number of carbonyl (C=O) groups is 2. The number of hydrogen-bond donors (Lipinski definition) is 2. The lowest BCUT2D eigenvalue weighted by atomic mass is 10.2. The summed E-state index contributed by atoms with van der Waals surface area (Å²) in [7, 11) is 0. The van der Waals surface area contributed by atoms with E-state index in [1.807, 2.05) is 12.1 Å². The maximum atomic E-state index is 12.4. The molecule has 0 spiro atoms. The lowest BCUT2D eigenvalue weighted by molar-refractivity contribution is 0.0397. The zero-order valence-electron chi connectivity index (χ0n) is 13.0. The molecule has 124 valence electrons. The monoisotopic (exact) mass is 326 g/mol. The Morgan fingerprint density at radius 2 is 1.62 bits per heavy atom. The molecule has 1 aliphatic heterocycles. The molecule has 0 unspecified atom stereocenters. The first kappa shape index (κ1) is 16.0. The Bertz CT molecular complexity index is 705. The van der Waals surface area contributed by atoms with Crippen molar-refractivity contribution in [2.45, 2.75) is 12.2 Å². The number of anilines is 1. The molecule has 2 aromatic rings. The van der Waals surface area contributed by atoms with E-state index in [0.29, 0.717) is 11.3 Å². The molecule has 1 fully saturated rings. The van der Waals surface area contributed by atoms with Gasteiger partial charge in [-0.25, -0.2) is 4.79 Å². The van der Waals surface area contributed by atoms with Gasteiger partial charge in [-0.1, -0.05) is 36.4 Å². The van der Waals surface area contributed by atoms with Crippen LogP contribution in [0.25, 0.3) is 0 Å². The number of aliphatic hydroxyl groups is 1. The van der Waals surface area contributed by atoms with Gasteiger partial charge in [-0.3, -0.25) is 10.1 Å². The van der Waals surface area contributed by atoms with Gasteiger partial charge in [-0.15, -0.1) is 0 Å². The number of ether oxygens (including phenoxy) is 1. The zero-order valence-corrected chi connectivity index (χ0v) is 13.0. The van der Waals surface area contributed by atoms with Crippen molar-refractivity contribution in [3.05, 3.63) is 66.2 Å². The summed E-state index contributed by atoms with van der Waals surface area (Å²) < 4.78 is 5.25. The van der Waals surface area contributed by atoms with Crippen molar-refractivity contribution in [3.63, 3.8) is 0 Å². The molecule has 2 N–H and O–H groups in total. The number of likely N-dealkylation sites (tertiary alicyclic amines) is 1. The van der Waals surface area contributed by atoms with Crippen LogP contribution in [0.5, 0.6) is 0 Å². The fraction of sp³-hybridized carbons (Fsp3) is 0.222. The third-order valence-electron chi connectivity index (χ3n) is 3.82. The molecule has 2 amide bonds. The first-order valence-corrected chi connectivity index (χ1v) is 7.68. The lowest BCUT2D eigenvalue weighted by Gasteiger charge is -2.16. The highest BCUT2D eigenvalue weighted by Crippen LogP contribution is 2.17. The summed E-state index contributed by atoms with van der Waals surface area (Å²) in [5, 5.41) is 12.7. The molecule has 0 aromatic heterocycles. The van der Waals surface area contributed by atoms with Crippen LogP contribution < -0.4 is 5.32 Å². The van der Waals surface area contributed by atoms with Gasteiger partial charge in [-0.2, -0.15) is 0 Å². The SMILES string of the molecule is O=C(Nc1ccccc1)O[C@@H]1CN(C(=O)c2ccccc2)C[C@@H]1O. The smallest absolute Gasteiger partial charge is 0.412 e. The van der Waals surface area contributed by atoms with Gasteiger partial charge in [0.25, 0.3) is 5.91 Å². The van der Waals surface area contributed by atoms with Crippen LogP contribution in [-0.4, -0.2) is 47.3 Å². The molecule has 1 saturated heterocycles. The number of benzene rings is 2. The summed E-state index contributed by atoms with van der Waals surface area (Å²) in [6.07, 6.45) is -2.31. The van der Waals surface area contributed by atoms with E-state index in [2.05, 4.69) is 5.32 Å². The Morgan fingerprint density at radius 3 is 2.29 bits per heavy atom. The molecular formula is C18H18N2O4. The Labute approximate surface area is 139 Å². The number of hydrogen-bond acceptors (Lipinski definition) is 4. The highest BCUT2D eigenvalue weighted by molar-refractivity contribution is 5.94. The third-order valence-corrected chi connectivity index (χ3v) is 3.82. The molecule has 1 heterocycles. The van der Waals surface area contributed by atoms with Crippen molar-refractivity contribution in [2.24, 2.45) is 0 Å². The minimum absolute atomic E-state index is 0.136. The standard InChI is InChI=1S/C18H18N2O4/c21-15-11-20(17(22)13-7-3-1-4-8-13)12-16(15)24-18(23)19-14-9-5-2-6-10-14/h1-10,15-16,21H,11-12H2,(H,19,23)/t15-,16+/m0/s1. The van der Waals surface area contributed by atoms with E-state index >= 15 is 0 Å². The van der Waals surface area contributed by atoms with Crippen LogP contribution in [0, 0.1) is 0 Å². The maximum Gasteiger partial charge on any atom is 0.412 e. The molecule has 3 rings (SSSR count). The average molecular weight is 326 g/mol. The second kappa shape index (κ2) is 7.14. The molecule has 2 aromatic carbocycles. The Kier molecular flexibility index (Phi) is 4.77.